The molecule has 1 aliphatic heterocycles. The van der Waals surface area contributed by atoms with E-state index in [0.29, 0.717) is 36.9 Å². The Morgan fingerprint density at radius 2 is 1.97 bits per heavy atom. The normalized spacial score (nSPS) is 15.6. The van der Waals surface area contributed by atoms with Gasteiger partial charge in [0.05, 0.1) is 26.9 Å². The van der Waals surface area contributed by atoms with E-state index in [4.69, 9.17) is 14.2 Å². The van der Waals surface area contributed by atoms with Crippen molar-refractivity contribution in [3.8, 4) is 17.2 Å². The summed E-state index contributed by atoms with van der Waals surface area (Å²) in [6, 6.07) is 12.2. The molecule has 1 fully saturated rings. The van der Waals surface area contributed by atoms with E-state index in [1.54, 1.807) is 25.2 Å². The van der Waals surface area contributed by atoms with Gasteiger partial charge in [0.15, 0.2) is 11.5 Å². The molecule has 0 saturated carbocycles. The van der Waals surface area contributed by atoms with Crippen LogP contribution in [0.25, 0.3) is 0 Å². The zero-order chi connectivity index (χ0) is 21.5. The number of amides is 3. The minimum atomic E-state index is -0.325. The Bertz CT molecular complexity index is 902. The molecule has 2 aromatic carbocycles. The second-order valence-corrected chi connectivity index (χ2v) is 6.85. The van der Waals surface area contributed by atoms with Crippen LogP contribution >= 0.6 is 0 Å². The highest BCUT2D eigenvalue weighted by molar-refractivity contribution is 5.97. The molecule has 0 spiro atoms. The van der Waals surface area contributed by atoms with E-state index < -0.39 is 0 Å². The second-order valence-electron chi connectivity index (χ2n) is 6.85. The van der Waals surface area contributed by atoms with Crippen LogP contribution in [0, 0.1) is 0 Å². The van der Waals surface area contributed by atoms with Gasteiger partial charge >= 0.3 is 6.03 Å². The number of carbonyl (C=O) groups is 2. The Morgan fingerprint density at radius 3 is 2.70 bits per heavy atom. The summed E-state index contributed by atoms with van der Waals surface area (Å²) in [6.07, 6.45) is 0.252. The van der Waals surface area contributed by atoms with Crippen molar-refractivity contribution in [3.63, 3.8) is 0 Å². The van der Waals surface area contributed by atoms with Crippen LogP contribution in [-0.4, -0.2) is 45.4 Å². The van der Waals surface area contributed by atoms with Crippen LogP contribution in [0.5, 0.6) is 17.2 Å². The first-order chi connectivity index (χ1) is 14.5. The summed E-state index contributed by atoms with van der Waals surface area (Å²) in [7, 11) is 3.17. The molecular formula is C22H27N3O5. The van der Waals surface area contributed by atoms with Gasteiger partial charge < -0.3 is 29.7 Å². The fourth-order valence-electron chi connectivity index (χ4n) is 3.35. The Kier molecular flexibility index (Phi) is 7.00. The van der Waals surface area contributed by atoms with Crippen LogP contribution in [-0.2, 0) is 11.3 Å². The number of rotatable bonds is 8. The number of hydrogen-bond donors (Lipinski definition) is 2. The van der Waals surface area contributed by atoms with Crippen LogP contribution in [0.3, 0.4) is 0 Å². The molecule has 3 amide bonds. The average Bonchev–Trinajstić information content (AvgIpc) is 3.12. The first kappa shape index (κ1) is 21.3. The monoisotopic (exact) mass is 413 g/mol. The van der Waals surface area contributed by atoms with Gasteiger partial charge in [-0.05, 0) is 36.8 Å². The maximum absolute atomic E-state index is 12.4. The number of methoxy groups -OCH3 is 2. The summed E-state index contributed by atoms with van der Waals surface area (Å²) < 4.78 is 16.0. The third-order valence-corrected chi connectivity index (χ3v) is 4.81. The molecule has 8 nitrogen and oxygen atoms in total. The SMILES string of the molecule is CCOc1cc(CNC(=O)N[C@@H]2CC(=O)N(c3cccc(OC)c3)C2)ccc1OC. The maximum Gasteiger partial charge on any atom is 0.315 e. The zero-order valence-corrected chi connectivity index (χ0v) is 17.4. The number of ether oxygens (including phenoxy) is 3. The van der Waals surface area contributed by atoms with Crippen LogP contribution in [0.1, 0.15) is 18.9 Å². The Balaban J connectivity index is 1.54. The van der Waals surface area contributed by atoms with Gasteiger partial charge in [-0.15, -0.1) is 0 Å². The summed E-state index contributed by atoms with van der Waals surface area (Å²) in [5.74, 6) is 1.92. The highest BCUT2D eigenvalue weighted by Crippen LogP contribution is 2.28. The minimum absolute atomic E-state index is 0.0370. The van der Waals surface area contributed by atoms with E-state index in [1.807, 2.05) is 43.3 Å². The molecule has 8 heteroatoms. The van der Waals surface area contributed by atoms with Crippen molar-refractivity contribution in [3.05, 3.63) is 48.0 Å². The molecule has 30 heavy (non-hydrogen) atoms. The van der Waals surface area contributed by atoms with Crippen molar-refractivity contribution in [2.24, 2.45) is 0 Å². The molecular weight excluding hydrogens is 386 g/mol. The van der Waals surface area contributed by atoms with Crippen molar-refractivity contribution in [2.75, 3.05) is 32.3 Å². The second kappa shape index (κ2) is 9.87. The van der Waals surface area contributed by atoms with Gasteiger partial charge in [-0.1, -0.05) is 12.1 Å². The number of anilines is 1. The molecule has 2 N–H and O–H groups in total. The van der Waals surface area contributed by atoms with E-state index >= 15 is 0 Å². The molecule has 1 atom stereocenters. The molecule has 0 radical (unpaired) electrons. The minimum Gasteiger partial charge on any atom is -0.497 e. The number of nitrogens with one attached hydrogen (secondary N) is 2. The van der Waals surface area contributed by atoms with Crippen LogP contribution in [0.2, 0.25) is 0 Å². The Morgan fingerprint density at radius 1 is 1.13 bits per heavy atom. The summed E-state index contributed by atoms with van der Waals surface area (Å²) in [5.41, 5.74) is 1.64. The fraction of sp³-hybridized carbons (Fsp3) is 0.364. The van der Waals surface area contributed by atoms with Crippen LogP contribution in [0.4, 0.5) is 10.5 Å². The first-order valence-electron chi connectivity index (χ1n) is 9.82. The highest BCUT2D eigenvalue weighted by atomic mass is 16.5. The molecule has 0 aliphatic carbocycles. The number of urea groups is 1. The van der Waals surface area contributed by atoms with Gasteiger partial charge in [-0.2, -0.15) is 0 Å². The number of benzene rings is 2. The van der Waals surface area contributed by atoms with E-state index in [1.165, 1.54) is 0 Å². The number of carbonyl (C=O) groups excluding carboxylic acids is 2. The van der Waals surface area contributed by atoms with E-state index in [9.17, 15) is 9.59 Å². The summed E-state index contributed by atoms with van der Waals surface area (Å²) in [5, 5.41) is 5.69. The van der Waals surface area contributed by atoms with Crippen molar-refractivity contribution >= 4 is 17.6 Å². The van der Waals surface area contributed by atoms with Gasteiger partial charge in [0, 0.05) is 31.3 Å². The lowest BCUT2D eigenvalue weighted by molar-refractivity contribution is -0.117. The lowest BCUT2D eigenvalue weighted by Gasteiger charge is -2.18. The molecule has 0 aromatic heterocycles. The van der Waals surface area contributed by atoms with Crippen molar-refractivity contribution in [1.29, 1.82) is 0 Å². The van der Waals surface area contributed by atoms with Gasteiger partial charge in [-0.25, -0.2) is 4.79 Å². The molecule has 1 saturated heterocycles. The topological polar surface area (TPSA) is 89.1 Å². The van der Waals surface area contributed by atoms with Gasteiger partial charge in [0.25, 0.3) is 0 Å². The standard InChI is InChI=1S/C22H27N3O5/c1-4-30-20-10-15(8-9-19(20)29-3)13-23-22(27)24-16-11-21(26)25(14-16)17-6-5-7-18(12-17)28-2/h5-10,12,16H,4,11,13-14H2,1-3H3,(H2,23,24,27)/t16-/m1/s1. The van der Waals surface area contributed by atoms with Crippen molar-refractivity contribution in [2.45, 2.75) is 25.9 Å². The quantitative estimate of drug-likeness (QED) is 0.695. The van der Waals surface area contributed by atoms with Crippen LogP contribution in [0.15, 0.2) is 42.5 Å². The molecule has 160 valence electrons. The lowest BCUT2D eigenvalue weighted by atomic mass is 10.2. The van der Waals surface area contributed by atoms with Crippen molar-refractivity contribution < 1.29 is 23.8 Å². The predicted molar refractivity (Wildman–Crippen MR) is 113 cm³/mol. The number of hydrogen-bond acceptors (Lipinski definition) is 5. The molecule has 3 rings (SSSR count). The molecule has 0 bridgehead atoms. The Labute approximate surface area is 176 Å². The third kappa shape index (κ3) is 5.14. The largest absolute Gasteiger partial charge is 0.497 e. The highest BCUT2D eigenvalue weighted by Gasteiger charge is 2.31. The molecule has 0 unspecified atom stereocenters. The molecule has 1 aliphatic rings. The lowest BCUT2D eigenvalue weighted by Crippen LogP contribution is -2.43. The fourth-order valence-corrected chi connectivity index (χ4v) is 3.35. The number of nitrogens with zero attached hydrogens (tertiary/aromatic N) is 1. The van der Waals surface area contributed by atoms with E-state index in [0.717, 1.165) is 11.3 Å². The van der Waals surface area contributed by atoms with E-state index in [-0.39, 0.29) is 24.4 Å². The van der Waals surface area contributed by atoms with Gasteiger partial charge in [0.1, 0.15) is 5.75 Å². The van der Waals surface area contributed by atoms with E-state index in [2.05, 4.69) is 10.6 Å². The van der Waals surface area contributed by atoms with Gasteiger partial charge in [0.2, 0.25) is 5.91 Å². The molecule has 2 aromatic rings. The van der Waals surface area contributed by atoms with Crippen molar-refractivity contribution in [1.82, 2.24) is 10.6 Å². The Hall–Kier alpha value is -3.42. The summed E-state index contributed by atoms with van der Waals surface area (Å²) in [4.78, 5) is 26.4. The maximum atomic E-state index is 12.4. The van der Waals surface area contributed by atoms with Gasteiger partial charge in [-0.3, -0.25) is 4.79 Å². The predicted octanol–water partition coefficient (Wildman–Crippen LogP) is 2.71. The summed E-state index contributed by atoms with van der Waals surface area (Å²) in [6.45, 7) is 3.16. The van der Waals surface area contributed by atoms with Crippen LogP contribution < -0.4 is 29.7 Å². The third-order valence-electron chi connectivity index (χ3n) is 4.81. The first-order valence-corrected chi connectivity index (χ1v) is 9.82. The molecule has 1 heterocycles. The average molecular weight is 413 g/mol. The summed E-state index contributed by atoms with van der Waals surface area (Å²) >= 11 is 0. The zero-order valence-electron chi connectivity index (χ0n) is 17.4. The smallest absolute Gasteiger partial charge is 0.315 e.